The third-order valence-electron chi connectivity index (χ3n) is 4.82. The molecule has 1 saturated heterocycles. The van der Waals surface area contributed by atoms with Gasteiger partial charge in [-0.3, -0.25) is 9.58 Å². The van der Waals surface area contributed by atoms with Gasteiger partial charge in [-0.25, -0.2) is 0 Å². The Morgan fingerprint density at radius 3 is 2.75 bits per heavy atom. The molecule has 0 amide bonds. The number of hydrogen-bond donors (Lipinski definition) is 1. The first kappa shape index (κ1) is 14.1. The van der Waals surface area contributed by atoms with Crippen molar-refractivity contribution in [3.8, 4) is 0 Å². The highest BCUT2D eigenvalue weighted by Gasteiger charge is 2.46. The Bertz CT molecular complexity index is 480. The third kappa shape index (κ3) is 2.63. The third-order valence-corrected chi connectivity index (χ3v) is 4.82. The quantitative estimate of drug-likeness (QED) is 0.895. The minimum absolute atomic E-state index is 0.510. The van der Waals surface area contributed by atoms with Crippen LogP contribution in [0.2, 0.25) is 0 Å². The van der Waals surface area contributed by atoms with E-state index in [1.54, 1.807) is 0 Å². The summed E-state index contributed by atoms with van der Waals surface area (Å²) >= 11 is 0. The Kier molecular flexibility index (Phi) is 3.63. The van der Waals surface area contributed by atoms with Crippen molar-refractivity contribution in [1.82, 2.24) is 14.7 Å². The summed E-state index contributed by atoms with van der Waals surface area (Å²) in [5.74, 6) is 0. The van der Waals surface area contributed by atoms with Crippen LogP contribution in [0, 0.1) is 0 Å². The van der Waals surface area contributed by atoms with Crippen LogP contribution in [0.1, 0.15) is 51.4 Å². The van der Waals surface area contributed by atoms with E-state index in [0.29, 0.717) is 6.04 Å². The molecule has 1 saturated carbocycles. The molecule has 2 heterocycles. The molecule has 2 fully saturated rings. The van der Waals surface area contributed by atoms with Crippen LogP contribution in [-0.2, 0) is 19.4 Å². The average molecular weight is 277 g/mol. The van der Waals surface area contributed by atoms with Gasteiger partial charge in [0.2, 0.25) is 0 Å². The molecule has 20 heavy (non-hydrogen) atoms. The number of likely N-dealkylation sites (tertiary alicyclic amines) is 1. The van der Waals surface area contributed by atoms with Gasteiger partial charge in [0.15, 0.2) is 0 Å². The normalized spacial score (nSPS) is 31.1. The Hall–Kier alpha value is -0.870. The first-order valence-corrected chi connectivity index (χ1v) is 8.08. The molecular weight excluding hydrogens is 250 g/mol. The smallest absolute Gasteiger partial charge is 0.0844 e. The topological polar surface area (TPSA) is 41.3 Å². The summed E-state index contributed by atoms with van der Waals surface area (Å²) in [5.41, 5.74) is 1.76. The van der Waals surface area contributed by atoms with E-state index in [4.69, 9.17) is 0 Å². The van der Waals surface area contributed by atoms with Crippen molar-refractivity contribution >= 4 is 0 Å². The summed E-state index contributed by atoms with van der Waals surface area (Å²) in [7, 11) is 0. The maximum atomic E-state index is 11.0. The maximum absolute atomic E-state index is 11.0. The zero-order chi connectivity index (χ0) is 14.3. The summed E-state index contributed by atoms with van der Waals surface area (Å²) in [6, 6.07) is 3.42. The Labute approximate surface area is 121 Å². The lowest BCUT2D eigenvalue weighted by Crippen LogP contribution is -2.37. The fraction of sp³-hybridized carbons (Fsp3) is 0.812. The highest BCUT2D eigenvalue weighted by atomic mass is 16.3. The van der Waals surface area contributed by atoms with E-state index in [-0.39, 0.29) is 0 Å². The first-order chi connectivity index (χ1) is 9.54. The van der Waals surface area contributed by atoms with E-state index in [0.717, 1.165) is 44.1 Å². The van der Waals surface area contributed by atoms with Gasteiger partial charge in [0.1, 0.15) is 0 Å². The van der Waals surface area contributed by atoms with E-state index in [9.17, 15) is 5.11 Å². The standard InChI is InChI=1S/C16H27N3O/c1-4-13-8-15(19(5-2)17-13)10-16(20)9-12(3)18(11-16)14-6-7-14/h8,12,14,20H,4-7,9-11H2,1-3H3. The van der Waals surface area contributed by atoms with Crippen LogP contribution in [0.15, 0.2) is 6.07 Å². The van der Waals surface area contributed by atoms with Gasteiger partial charge in [0.05, 0.1) is 11.3 Å². The predicted octanol–water partition coefficient (Wildman–Crippen LogP) is 2.00. The molecule has 1 aliphatic heterocycles. The lowest BCUT2D eigenvalue weighted by Gasteiger charge is -2.24. The molecule has 2 aliphatic rings. The number of aliphatic hydroxyl groups is 1. The second-order valence-electron chi connectivity index (χ2n) is 6.65. The maximum Gasteiger partial charge on any atom is 0.0844 e. The number of aromatic nitrogens is 2. The molecule has 0 bridgehead atoms. The van der Waals surface area contributed by atoms with Gasteiger partial charge in [-0.15, -0.1) is 0 Å². The molecule has 0 aromatic carbocycles. The first-order valence-electron chi connectivity index (χ1n) is 8.08. The van der Waals surface area contributed by atoms with Gasteiger partial charge in [-0.1, -0.05) is 6.92 Å². The van der Waals surface area contributed by atoms with Crippen molar-refractivity contribution in [2.75, 3.05) is 6.54 Å². The Morgan fingerprint density at radius 2 is 2.15 bits per heavy atom. The van der Waals surface area contributed by atoms with Crippen LogP contribution < -0.4 is 0 Å². The molecular formula is C16H27N3O. The molecule has 1 N–H and O–H groups in total. The zero-order valence-corrected chi connectivity index (χ0v) is 13.0. The summed E-state index contributed by atoms with van der Waals surface area (Å²) in [4.78, 5) is 2.51. The SMILES string of the molecule is CCc1cc(CC2(O)CC(C)N(C3CC3)C2)n(CC)n1. The lowest BCUT2D eigenvalue weighted by molar-refractivity contribution is 0.0467. The Morgan fingerprint density at radius 1 is 1.40 bits per heavy atom. The number of β-amino-alcohol motifs (C(OH)–C–C–N with tert-alkyl or cyclic N) is 1. The largest absolute Gasteiger partial charge is 0.388 e. The molecule has 112 valence electrons. The minimum Gasteiger partial charge on any atom is -0.388 e. The van der Waals surface area contributed by atoms with Crippen molar-refractivity contribution in [3.05, 3.63) is 17.5 Å². The molecule has 0 radical (unpaired) electrons. The van der Waals surface area contributed by atoms with Crippen molar-refractivity contribution < 1.29 is 5.11 Å². The molecule has 2 atom stereocenters. The van der Waals surface area contributed by atoms with E-state index in [2.05, 4.69) is 41.5 Å². The van der Waals surface area contributed by atoms with Gasteiger partial charge in [0, 0.05) is 37.3 Å². The fourth-order valence-electron chi connectivity index (χ4n) is 3.69. The molecule has 4 heteroatoms. The second-order valence-corrected chi connectivity index (χ2v) is 6.65. The fourth-order valence-corrected chi connectivity index (χ4v) is 3.69. The molecule has 1 aromatic rings. The summed E-state index contributed by atoms with van der Waals surface area (Å²) in [6.45, 7) is 8.22. The van der Waals surface area contributed by atoms with Gasteiger partial charge >= 0.3 is 0 Å². The highest BCUT2D eigenvalue weighted by Crippen LogP contribution is 2.38. The number of aryl methyl sites for hydroxylation is 2. The lowest BCUT2D eigenvalue weighted by atomic mass is 9.94. The van der Waals surface area contributed by atoms with E-state index in [1.807, 2.05) is 0 Å². The molecule has 2 unspecified atom stereocenters. The molecule has 3 rings (SSSR count). The van der Waals surface area contributed by atoms with E-state index >= 15 is 0 Å². The molecule has 4 nitrogen and oxygen atoms in total. The summed E-state index contributed by atoms with van der Waals surface area (Å²) in [5, 5.41) is 15.6. The monoisotopic (exact) mass is 277 g/mol. The molecule has 1 aromatic heterocycles. The predicted molar refractivity (Wildman–Crippen MR) is 79.7 cm³/mol. The van der Waals surface area contributed by atoms with Gasteiger partial charge in [0.25, 0.3) is 0 Å². The van der Waals surface area contributed by atoms with Crippen molar-refractivity contribution in [2.45, 2.75) is 77.1 Å². The van der Waals surface area contributed by atoms with Gasteiger partial charge in [-0.05, 0) is 45.6 Å². The van der Waals surface area contributed by atoms with Crippen molar-refractivity contribution in [2.24, 2.45) is 0 Å². The summed E-state index contributed by atoms with van der Waals surface area (Å²) in [6.07, 6.45) is 5.21. The van der Waals surface area contributed by atoms with Gasteiger partial charge in [-0.2, -0.15) is 5.10 Å². The average Bonchev–Trinajstić information content (AvgIpc) is 3.11. The number of hydrogen-bond acceptors (Lipinski definition) is 3. The minimum atomic E-state index is -0.569. The number of rotatable bonds is 5. The zero-order valence-electron chi connectivity index (χ0n) is 13.0. The van der Waals surface area contributed by atoms with Crippen molar-refractivity contribution in [1.29, 1.82) is 0 Å². The van der Waals surface area contributed by atoms with Crippen LogP contribution in [-0.4, -0.2) is 44.0 Å². The van der Waals surface area contributed by atoms with Crippen LogP contribution in [0.3, 0.4) is 0 Å². The Balaban J connectivity index is 1.75. The van der Waals surface area contributed by atoms with Crippen LogP contribution in [0.25, 0.3) is 0 Å². The molecule has 1 aliphatic carbocycles. The summed E-state index contributed by atoms with van der Waals surface area (Å²) < 4.78 is 2.06. The molecule has 0 spiro atoms. The number of nitrogens with zero attached hydrogens (tertiary/aromatic N) is 3. The van der Waals surface area contributed by atoms with Crippen LogP contribution >= 0.6 is 0 Å². The highest BCUT2D eigenvalue weighted by molar-refractivity contribution is 5.15. The second kappa shape index (κ2) is 5.15. The van der Waals surface area contributed by atoms with Crippen LogP contribution in [0.5, 0.6) is 0 Å². The van der Waals surface area contributed by atoms with Crippen LogP contribution in [0.4, 0.5) is 0 Å². The van der Waals surface area contributed by atoms with E-state index < -0.39 is 5.60 Å². The van der Waals surface area contributed by atoms with Crippen molar-refractivity contribution in [3.63, 3.8) is 0 Å². The van der Waals surface area contributed by atoms with Gasteiger partial charge < -0.3 is 5.11 Å². The van der Waals surface area contributed by atoms with E-state index in [1.165, 1.54) is 18.5 Å².